The van der Waals surface area contributed by atoms with Crippen LogP contribution in [0.25, 0.3) is 11.1 Å². The zero-order valence-electron chi connectivity index (χ0n) is 10.8. The van der Waals surface area contributed by atoms with Crippen molar-refractivity contribution in [1.29, 1.82) is 0 Å². The van der Waals surface area contributed by atoms with E-state index in [2.05, 4.69) is 0 Å². The lowest BCUT2D eigenvalue weighted by Crippen LogP contribution is -2.05. The molecule has 0 fully saturated rings. The van der Waals surface area contributed by atoms with Gasteiger partial charge < -0.3 is 10.8 Å². The molecular weight excluding hydrogens is 283 g/mol. The second-order valence-electron chi connectivity index (χ2n) is 4.46. The highest BCUT2D eigenvalue weighted by Gasteiger charge is 2.30. The molecule has 0 aromatic heterocycles. The average molecular weight is 295 g/mol. The molecule has 0 spiro atoms. The van der Waals surface area contributed by atoms with Crippen LogP contribution >= 0.6 is 0 Å². The monoisotopic (exact) mass is 295 g/mol. The highest BCUT2D eigenvalue weighted by atomic mass is 19.4. The second kappa shape index (κ2) is 5.57. The third-order valence-electron chi connectivity index (χ3n) is 3.07. The van der Waals surface area contributed by atoms with Crippen LogP contribution in [0.2, 0.25) is 0 Å². The minimum atomic E-state index is -4.42. The van der Waals surface area contributed by atoms with Gasteiger partial charge in [-0.15, -0.1) is 0 Å². The minimum absolute atomic E-state index is 0.0203. The van der Waals surface area contributed by atoms with Gasteiger partial charge in [0.2, 0.25) is 0 Å². The molecule has 0 aliphatic heterocycles. The Kier molecular flexibility index (Phi) is 3.99. The fourth-order valence-electron chi connectivity index (χ4n) is 1.98. The Hall–Kier alpha value is -2.34. The lowest BCUT2D eigenvalue weighted by atomic mass is 9.96. The molecule has 2 rings (SSSR count). The van der Waals surface area contributed by atoms with Crippen LogP contribution in [0.3, 0.4) is 0 Å². The molecule has 2 aromatic rings. The van der Waals surface area contributed by atoms with Crippen LogP contribution < -0.4 is 5.73 Å². The molecule has 110 valence electrons. The Balaban J connectivity index is 2.52. The van der Waals surface area contributed by atoms with Crippen molar-refractivity contribution in [3.8, 4) is 11.1 Å². The summed E-state index contributed by atoms with van der Waals surface area (Å²) < 4.78 is 37.6. The van der Waals surface area contributed by atoms with E-state index in [-0.39, 0.29) is 12.1 Å². The second-order valence-corrected chi connectivity index (χ2v) is 4.46. The van der Waals surface area contributed by atoms with Gasteiger partial charge in [0, 0.05) is 6.54 Å². The largest absolute Gasteiger partial charge is 0.478 e. The number of nitrogens with two attached hydrogens (primary N) is 1. The zero-order chi connectivity index (χ0) is 15.6. The van der Waals surface area contributed by atoms with Crippen LogP contribution in [0.5, 0.6) is 0 Å². The molecule has 0 heterocycles. The highest BCUT2D eigenvalue weighted by Crippen LogP contribution is 2.32. The third-order valence-corrected chi connectivity index (χ3v) is 3.07. The van der Waals surface area contributed by atoms with Gasteiger partial charge in [0.15, 0.2) is 0 Å². The zero-order valence-corrected chi connectivity index (χ0v) is 10.8. The van der Waals surface area contributed by atoms with E-state index in [4.69, 9.17) is 10.8 Å². The van der Waals surface area contributed by atoms with Crippen molar-refractivity contribution in [2.45, 2.75) is 12.7 Å². The molecule has 0 aliphatic carbocycles. The summed E-state index contributed by atoms with van der Waals surface area (Å²) in [5, 5.41) is 9.16. The van der Waals surface area contributed by atoms with Crippen LogP contribution in [0.1, 0.15) is 21.5 Å². The maximum absolute atomic E-state index is 12.5. The van der Waals surface area contributed by atoms with E-state index in [1.807, 2.05) is 0 Å². The first-order chi connectivity index (χ1) is 9.82. The summed E-state index contributed by atoms with van der Waals surface area (Å²) in [4.78, 5) is 11.2. The Labute approximate surface area is 118 Å². The summed E-state index contributed by atoms with van der Waals surface area (Å²) in [5.74, 6) is -1.14. The lowest BCUT2D eigenvalue weighted by molar-refractivity contribution is -0.137. The number of carboxylic acids is 1. The number of benzene rings is 2. The molecule has 3 N–H and O–H groups in total. The molecule has 0 atom stereocenters. The lowest BCUT2D eigenvalue weighted by Gasteiger charge is -2.11. The number of rotatable bonds is 3. The molecule has 3 nitrogen and oxygen atoms in total. The van der Waals surface area contributed by atoms with Crippen LogP contribution in [0.15, 0.2) is 42.5 Å². The topological polar surface area (TPSA) is 63.3 Å². The maximum Gasteiger partial charge on any atom is 0.416 e. The molecule has 2 aromatic carbocycles. The van der Waals surface area contributed by atoms with Crippen molar-refractivity contribution < 1.29 is 23.1 Å². The van der Waals surface area contributed by atoms with E-state index in [0.717, 1.165) is 12.1 Å². The molecule has 0 saturated carbocycles. The molecule has 6 heteroatoms. The molecule has 0 bridgehead atoms. The molecule has 0 saturated heterocycles. The Morgan fingerprint density at radius 3 is 2.19 bits per heavy atom. The van der Waals surface area contributed by atoms with Gasteiger partial charge in [-0.3, -0.25) is 0 Å². The van der Waals surface area contributed by atoms with Crippen LogP contribution in [0, 0.1) is 0 Å². The number of hydrogen-bond donors (Lipinski definition) is 2. The maximum atomic E-state index is 12.5. The van der Waals surface area contributed by atoms with Crippen molar-refractivity contribution >= 4 is 5.97 Å². The first-order valence-corrected chi connectivity index (χ1v) is 6.07. The van der Waals surface area contributed by atoms with Gasteiger partial charge in [0.1, 0.15) is 0 Å². The number of alkyl halides is 3. The molecule has 0 aliphatic rings. The van der Waals surface area contributed by atoms with E-state index in [1.165, 1.54) is 18.2 Å². The van der Waals surface area contributed by atoms with Gasteiger partial charge in [0.25, 0.3) is 0 Å². The Morgan fingerprint density at radius 1 is 1.10 bits per heavy atom. The number of carboxylic acid groups (broad SMARTS) is 1. The van der Waals surface area contributed by atoms with Crippen LogP contribution in [0.4, 0.5) is 13.2 Å². The van der Waals surface area contributed by atoms with E-state index >= 15 is 0 Å². The summed E-state index contributed by atoms with van der Waals surface area (Å²) in [6.45, 7) is 0.216. The Morgan fingerprint density at radius 2 is 1.71 bits per heavy atom. The fourth-order valence-corrected chi connectivity index (χ4v) is 1.98. The predicted molar refractivity (Wildman–Crippen MR) is 71.7 cm³/mol. The van der Waals surface area contributed by atoms with Crippen LogP contribution in [-0.2, 0) is 12.7 Å². The van der Waals surface area contributed by atoms with Gasteiger partial charge in [-0.2, -0.15) is 13.2 Å². The standard InChI is InChI=1S/C15H12F3NO2/c16-15(17,18)11-4-2-10(3-5-11)13-7-9(8-19)1-6-12(13)14(20)21/h1-7H,8,19H2,(H,20,21). The number of hydrogen-bond acceptors (Lipinski definition) is 2. The van der Waals surface area contributed by atoms with Crippen molar-refractivity contribution in [3.63, 3.8) is 0 Å². The van der Waals surface area contributed by atoms with Crippen molar-refractivity contribution in [2.75, 3.05) is 0 Å². The summed E-state index contributed by atoms with van der Waals surface area (Å²) in [6, 6.07) is 8.92. The van der Waals surface area contributed by atoms with E-state index in [0.29, 0.717) is 16.7 Å². The minimum Gasteiger partial charge on any atom is -0.478 e. The molecule has 0 radical (unpaired) electrons. The normalized spacial score (nSPS) is 11.4. The van der Waals surface area contributed by atoms with Gasteiger partial charge in [-0.1, -0.05) is 18.2 Å². The van der Waals surface area contributed by atoms with E-state index in [1.54, 1.807) is 12.1 Å². The average Bonchev–Trinajstić information content (AvgIpc) is 2.45. The third kappa shape index (κ3) is 3.22. The summed E-state index contributed by atoms with van der Waals surface area (Å²) in [7, 11) is 0. The van der Waals surface area contributed by atoms with Crippen molar-refractivity contribution in [3.05, 3.63) is 59.2 Å². The Bertz CT molecular complexity index is 664. The SMILES string of the molecule is NCc1ccc(C(=O)O)c(-c2ccc(C(F)(F)F)cc2)c1. The van der Waals surface area contributed by atoms with Crippen molar-refractivity contribution in [1.82, 2.24) is 0 Å². The first-order valence-electron chi connectivity index (χ1n) is 6.07. The number of aromatic carboxylic acids is 1. The molecule has 0 amide bonds. The van der Waals surface area contributed by atoms with E-state index in [9.17, 15) is 18.0 Å². The summed E-state index contributed by atoms with van der Waals surface area (Å²) >= 11 is 0. The predicted octanol–water partition coefficient (Wildman–Crippen LogP) is 3.53. The molecular formula is C15H12F3NO2. The van der Waals surface area contributed by atoms with E-state index < -0.39 is 17.7 Å². The number of carbonyl (C=O) groups is 1. The van der Waals surface area contributed by atoms with Gasteiger partial charge in [-0.25, -0.2) is 4.79 Å². The van der Waals surface area contributed by atoms with Gasteiger partial charge in [0.05, 0.1) is 11.1 Å². The quantitative estimate of drug-likeness (QED) is 0.910. The first kappa shape index (κ1) is 15.1. The van der Waals surface area contributed by atoms with Gasteiger partial charge in [-0.05, 0) is 41.0 Å². The van der Waals surface area contributed by atoms with Crippen molar-refractivity contribution in [2.24, 2.45) is 5.73 Å². The summed E-state index contributed by atoms with van der Waals surface area (Å²) in [5.41, 5.74) is 6.20. The molecule has 0 unspecified atom stereocenters. The highest BCUT2D eigenvalue weighted by molar-refractivity contribution is 5.96. The van der Waals surface area contributed by atoms with Crippen LogP contribution in [-0.4, -0.2) is 11.1 Å². The number of halogens is 3. The smallest absolute Gasteiger partial charge is 0.416 e. The van der Waals surface area contributed by atoms with Gasteiger partial charge >= 0.3 is 12.1 Å². The molecule has 21 heavy (non-hydrogen) atoms. The fraction of sp³-hybridized carbons (Fsp3) is 0.133. The summed E-state index contributed by atoms with van der Waals surface area (Å²) in [6.07, 6.45) is -4.42.